The first-order chi connectivity index (χ1) is 8.24. The first-order valence-electron chi connectivity index (χ1n) is 6.51. The molecule has 5 nitrogen and oxygen atoms in total. The second-order valence-electron chi connectivity index (χ2n) is 6.11. The van der Waals surface area contributed by atoms with Crippen molar-refractivity contribution < 1.29 is 19.7 Å². The third-order valence-corrected chi connectivity index (χ3v) is 3.30. The normalized spacial score (nSPS) is 26.9. The van der Waals surface area contributed by atoms with Crippen molar-refractivity contribution >= 4 is 6.09 Å². The number of ether oxygens (including phenoxy) is 1. The number of aliphatic hydroxyl groups excluding tert-OH is 2. The monoisotopic (exact) mass is 259 g/mol. The van der Waals surface area contributed by atoms with Gasteiger partial charge in [0.1, 0.15) is 5.60 Å². The first kappa shape index (κ1) is 15.2. The Labute approximate surface area is 109 Å². The molecule has 0 aromatic rings. The summed E-state index contributed by atoms with van der Waals surface area (Å²) in [5, 5.41) is 18.7. The largest absolute Gasteiger partial charge is 0.444 e. The van der Waals surface area contributed by atoms with Gasteiger partial charge in [-0.2, -0.15) is 0 Å². The van der Waals surface area contributed by atoms with E-state index < -0.39 is 11.7 Å². The lowest BCUT2D eigenvalue weighted by molar-refractivity contribution is -0.0217. The molecule has 1 fully saturated rings. The summed E-state index contributed by atoms with van der Waals surface area (Å²) in [6.07, 6.45) is -0.297. The molecule has 1 aliphatic rings. The molecule has 0 aromatic carbocycles. The summed E-state index contributed by atoms with van der Waals surface area (Å²) >= 11 is 0. The number of amides is 1. The number of carbonyl (C=O) groups is 1. The Balaban J connectivity index is 2.53. The van der Waals surface area contributed by atoms with Gasteiger partial charge in [0.05, 0.1) is 12.7 Å². The summed E-state index contributed by atoms with van der Waals surface area (Å²) in [5.74, 6) is 0.210. The molecule has 0 spiro atoms. The van der Waals surface area contributed by atoms with Crippen LogP contribution in [0.2, 0.25) is 0 Å². The van der Waals surface area contributed by atoms with E-state index in [1.807, 2.05) is 27.7 Å². The summed E-state index contributed by atoms with van der Waals surface area (Å²) in [4.78, 5) is 13.6. The summed E-state index contributed by atoms with van der Waals surface area (Å²) in [7, 11) is 0. The van der Waals surface area contributed by atoms with Gasteiger partial charge in [-0.15, -0.1) is 0 Å². The van der Waals surface area contributed by atoms with E-state index in [1.54, 1.807) is 4.90 Å². The van der Waals surface area contributed by atoms with E-state index in [-0.39, 0.29) is 24.5 Å². The van der Waals surface area contributed by atoms with Crippen LogP contribution in [0, 0.1) is 11.8 Å². The summed E-state index contributed by atoms with van der Waals surface area (Å²) in [6, 6.07) is 0. The molecule has 0 bridgehead atoms. The fraction of sp³-hybridized carbons (Fsp3) is 0.923. The van der Waals surface area contributed by atoms with Gasteiger partial charge in [0.25, 0.3) is 0 Å². The lowest BCUT2D eigenvalue weighted by Gasteiger charge is -2.39. The molecule has 3 unspecified atom stereocenters. The van der Waals surface area contributed by atoms with Gasteiger partial charge in [0, 0.05) is 13.1 Å². The quantitative estimate of drug-likeness (QED) is 0.782. The van der Waals surface area contributed by atoms with Crippen molar-refractivity contribution in [2.45, 2.75) is 45.8 Å². The van der Waals surface area contributed by atoms with Gasteiger partial charge in [-0.05, 0) is 39.0 Å². The Kier molecular flexibility index (Phi) is 4.99. The molecule has 5 heteroatoms. The number of hydrogen-bond acceptors (Lipinski definition) is 4. The first-order valence-corrected chi connectivity index (χ1v) is 6.51. The highest BCUT2D eigenvalue weighted by atomic mass is 16.6. The third-order valence-electron chi connectivity index (χ3n) is 3.30. The molecule has 0 radical (unpaired) electrons. The van der Waals surface area contributed by atoms with E-state index in [0.29, 0.717) is 19.5 Å². The molecular formula is C13H25NO4. The Bertz CT molecular complexity index is 287. The molecule has 1 rings (SSSR count). The highest BCUT2D eigenvalue weighted by molar-refractivity contribution is 5.68. The second-order valence-corrected chi connectivity index (χ2v) is 6.11. The van der Waals surface area contributed by atoms with E-state index >= 15 is 0 Å². The van der Waals surface area contributed by atoms with E-state index in [2.05, 4.69) is 0 Å². The molecule has 0 saturated carbocycles. The predicted octanol–water partition coefficient (Wildman–Crippen LogP) is 1.23. The number of carbonyl (C=O) groups excluding carboxylic acids is 1. The highest BCUT2D eigenvalue weighted by Gasteiger charge is 2.34. The fourth-order valence-electron chi connectivity index (χ4n) is 2.36. The van der Waals surface area contributed by atoms with Crippen LogP contribution in [0.4, 0.5) is 4.79 Å². The van der Waals surface area contributed by atoms with Crippen molar-refractivity contribution in [3.63, 3.8) is 0 Å². The summed E-state index contributed by atoms with van der Waals surface area (Å²) in [5.41, 5.74) is -0.484. The van der Waals surface area contributed by atoms with Crippen molar-refractivity contribution in [3.8, 4) is 0 Å². The zero-order chi connectivity index (χ0) is 13.9. The highest BCUT2D eigenvalue weighted by Crippen LogP contribution is 2.27. The van der Waals surface area contributed by atoms with E-state index in [9.17, 15) is 9.90 Å². The van der Waals surface area contributed by atoms with Gasteiger partial charge >= 0.3 is 6.09 Å². The molecular weight excluding hydrogens is 234 g/mol. The van der Waals surface area contributed by atoms with Gasteiger partial charge in [-0.25, -0.2) is 4.79 Å². The molecule has 18 heavy (non-hydrogen) atoms. The van der Waals surface area contributed by atoms with Gasteiger partial charge < -0.3 is 19.8 Å². The number of rotatable bonds is 2. The number of nitrogens with zero attached hydrogens (tertiary/aromatic N) is 1. The average molecular weight is 259 g/mol. The second kappa shape index (κ2) is 5.89. The zero-order valence-electron chi connectivity index (χ0n) is 11.7. The van der Waals surface area contributed by atoms with Crippen molar-refractivity contribution in [1.29, 1.82) is 0 Å². The molecule has 1 aliphatic heterocycles. The van der Waals surface area contributed by atoms with Crippen molar-refractivity contribution in [1.82, 2.24) is 4.90 Å². The van der Waals surface area contributed by atoms with Crippen molar-refractivity contribution in [3.05, 3.63) is 0 Å². The van der Waals surface area contributed by atoms with Crippen LogP contribution in [-0.2, 0) is 4.74 Å². The number of likely N-dealkylation sites (tertiary alicyclic amines) is 1. The van der Waals surface area contributed by atoms with Crippen LogP contribution >= 0.6 is 0 Å². The van der Waals surface area contributed by atoms with Gasteiger partial charge in [0.2, 0.25) is 0 Å². The Morgan fingerprint density at radius 3 is 2.56 bits per heavy atom. The van der Waals surface area contributed by atoms with Crippen LogP contribution in [0.1, 0.15) is 34.1 Å². The number of hydrogen-bond donors (Lipinski definition) is 2. The molecule has 3 atom stereocenters. The van der Waals surface area contributed by atoms with Crippen molar-refractivity contribution in [2.24, 2.45) is 11.8 Å². The van der Waals surface area contributed by atoms with Gasteiger partial charge in [0.15, 0.2) is 0 Å². The van der Waals surface area contributed by atoms with Crippen molar-refractivity contribution in [2.75, 3.05) is 19.7 Å². The summed E-state index contributed by atoms with van der Waals surface area (Å²) < 4.78 is 5.32. The lowest BCUT2D eigenvalue weighted by atomic mass is 9.83. The predicted molar refractivity (Wildman–Crippen MR) is 68.2 cm³/mol. The molecule has 106 valence electrons. The van der Waals surface area contributed by atoms with Crippen LogP contribution < -0.4 is 0 Å². The fourth-order valence-corrected chi connectivity index (χ4v) is 2.36. The average Bonchev–Trinajstić information content (AvgIpc) is 2.25. The minimum atomic E-state index is -0.694. The zero-order valence-corrected chi connectivity index (χ0v) is 11.7. The van der Waals surface area contributed by atoms with Crippen LogP contribution in [0.15, 0.2) is 0 Å². The maximum Gasteiger partial charge on any atom is 0.410 e. The Hall–Kier alpha value is -0.810. The Morgan fingerprint density at radius 2 is 2.11 bits per heavy atom. The molecule has 1 heterocycles. The molecule has 1 saturated heterocycles. The molecule has 0 aliphatic carbocycles. The van der Waals surface area contributed by atoms with Crippen LogP contribution in [-0.4, -0.2) is 52.6 Å². The third kappa shape index (κ3) is 4.14. The topological polar surface area (TPSA) is 70.0 Å². The van der Waals surface area contributed by atoms with Crippen LogP contribution in [0.5, 0.6) is 0 Å². The SMILES string of the molecule is CC1CN(C(=O)OC(C)(C)C)CCC1C(O)CO. The molecule has 1 amide bonds. The molecule has 2 N–H and O–H groups in total. The van der Waals surface area contributed by atoms with E-state index in [1.165, 1.54) is 0 Å². The maximum absolute atomic E-state index is 11.9. The van der Waals surface area contributed by atoms with Gasteiger partial charge in [-0.3, -0.25) is 0 Å². The van der Waals surface area contributed by atoms with E-state index in [0.717, 1.165) is 0 Å². The van der Waals surface area contributed by atoms with Gasteiger partial charge in [-0.1, -0.05) is 6.92 Å². The maximum atomic E-state index is 11.9. The van der Waals surface area contributed by atoms with E-state index in [4.69, 9.17) is 9.84 Å². The minimum Gasteiger partial charge on any atom is -0.444 e. The van der Waals surface area contributed by atoms with Crippen LogP contribution in [0.25, 0.3) is 0 Å². The lowest BCUT2D eigenvalue weighted by Crippen LogP contribution is -2.48. The standard InChI is InChI=1S/C13H25NO4/c1-9-7-14(12(17)18-13(2,3)4)6-5-10(9)11(16)8-15/h9-11,15-16H,5-8H2,1-4H3. The minimum absolute atomic E-state index is 0.0497. The smallest absolute Gasteiger partial charge is 0.410 e. The molecule has 0 aromatic heterocycles. The van der Waals surface area contributed by atoms with Crippen LogP contribution in [0.3, 0.4) is 0 Å². The summed E-state index contributed by atoms with van der Waals surface area (Å²) in [6.45, 7) is 8.43. The number of piperidine rings is 1. The Morgan fingerprint density at radius 1 is 1.50 bits per heavy atom. The number of aliphatic hydroxyl groups is 2.